The largest absolute Gasteiger partial charge is 0.506 e. The highest BCUT2D eigenvalue weighted by Crippen LogP contribution is 2.18. The minimum Gasteiger partial charge on any atom is -0.506 e. The van der Waals surface area contributed by atoms with Crippen molar-refractivity contribution in [2.45, 2.75) is 33.3 Å². The van der Waals surface area contributed by atoms with Gasteiger partial charge >= 0.3 is 5.97 Å². The molecule has 5 heteroatoms. The molecular weight excluding hydrogens is 210 g/mol. The van der Waals surface area contributed by atoms with Gasteiger partial charge in [0.05, 0.1) is 5.69 Å². The molecule has 5 nitrogen and oxygen atoms in total. The first-order chi connectivity index (χ1) is 7.40. The van der Waals surface area contributed by atoms with Gasteiger partial charge in [0.2, 0.25) is 0 Å². The molecule has 90 valence electrons. The number of aliphatic hydroxyl groups is 1. The Morgan fingerprint density at radius 3 is 2.38 bits per heavy atom. The lowest BCUT2D eigenvalue weighted by Crippen LogP contribution is -2.13. The van der Waals surface area contributed by atoms with Gasteiger partial charge in [0.1, 0.15) is 11.9 Å². The average molecular weight is 227 g/mol. The van der Waals surface area contributed by atoms with Crippen LogP contribution in [0.4, 0.5) is 0 Å². The van der Waals surface area contributed by atoms with Gasteiger partial charge in [-0.25, -0.2) is 4.79 Å². The molecule has 0 aromatic carbocycles. The van der Waals surface area contributed by atoms with E-state index < -0.39 is 12.1 Å². The van der Waals surface area contributed by atoms with E-state index in [2.05, 4.69) is 4.98 Å². The van der Waals surface area contributed by atoms with Gasteiger partial charge in [-0.2, -0.15) is 0 Å². The zero-order valence-corrected chi connectivity index (χ0v) is 9.64. The Morgan fingerprint density at radius 1 is 1.56 bits per heavy atom. The molecule has 3 N–H and O–H groups in total. The van der Waals surface area contributed by atoms with Gasteiger partial charge in [0.25, 0.3) is 0 Å². The van der Waals surface area contributed by atoms with Gasteiger partial charge in [-0.15, -0.1) is 0 Å². The standard InChI is InChI=1S/C8H11NO.C3H6O3/c1-3-7-4-5-9-6(2)8(7)10;1-2(4)3(5)6/h4-5,10H,3H2,1-2H3;2,4H,1H3,(H,5,6). The van der Waals surface area contributed by atoms with Gasteiger partial charge in [-0.3, -0.25) is 4.98 Å². The van der Waals surface area contributed by atoms with Crippen LogP contribution >= 0.6 is 0 Å². The Labute approximate surface area is 94.4 Å². The number of hydrogen-bond donors (Lipinski definition) is 3. The molecular formula is C11H17NO4. The summed E-state index contributed by atoms with van der Waals surface area (Å²) in [5.74, 6) is -0.847. The Hall–Kier alpha value is -1.62. The van der Waals surface area contributed by atoms with E-state index in [-0.39, 0.29) is 0 Å². The van der Waals surface area contributed by atoms with Crippen LogP contribution in [0.5, 0.6) is 5.75 Å². The number of hydrogen-bond acceptors (Lipinski definition) is 4. The summed E-state index contributed by atoms with van der Waals surface area (Å²) in [6.07, 6.45) is 1.34. The highest BCUT2D eigenvalue weighted by atomic mass is 16.4. The number of carboxylic acid groups (broad SMARTS) is 1. The van der Waals surface area contributed by atoms with Crippen LogP contribution in [0.3, 0.4) is 0 Å². The van der Waals surface area contributed by atoms with E-state index in [0.717, 1.165) is 12.0 Å². The lowest BCUT2D eigenvalue weighted by atomic mass is 10.1. The number of aromatic nitrogens is 1. The predicted octanol–water partition coefficient (Wildman–Crippen LogP) is 1.11. The zero-order valence-electron chi connectivity index (χ0n) is 9.64. The molecule has 0 bridgehead atoms. The zero-order chi connectivity index (χ0) is 12.7. The van der Waals surface area contributed by atoms with E-state index in [4.69, 9.17) is 10.2 Å². The topological polar surface area (TPSA) is 90.7 Å². The highest BCUT2D eigenvalue weighted by molar-refractivity contribution is 5.71. The maximum Gasteiger partial charge on any atom is 0.332 e. The fourth-order valence-electron chi connectivity index (χ4n) is 0.897. The number of pyridine rings is 1. The van der Waals surface area contributed by atoms with Crippen LogP contribution in [0, 0.1) is 6.92 Å². The minimum absolute atomic E-state index is 0.338. The van der Waals surface area contributed by atoms with Crippen LogP contribution in [0.15, 0.2) is 12.3 Å². The van der Waals surface area contributed by atoms with E-state index in [9.17, 15) is 9.90 Å². The second kappa shape index (κ2) is 6.79. The monoisotopic (exact) mass is 227 g/mol. The van der Waals surface area contributed by atoms with Crippen molar-refractivity contribution in [3.05, 3.63) is 23.5 Å². The van der Waals surface area contributed by atoms with Gasteiger partial charge in [0.15, 0.2) is 0 Å². The smallest absolute Gasteiger partial charge is 0.332 e. The number of carbonyl (C=O) groups is 1. The summed E-state index contributed by atoms with van der Waals surface area (Å²) < 4.78 is 0. The second-order valence-corrected chi connectivity index (χ2v) is 3.27. The molecule has 1 aromatic rings. The molecule has 1 atom stereocenters. The number of aryl methyl sites for hydroxylation is 2. The molecule has 16 heavy (non-hydrogen) atoms. The quantitative estimate of drug-likeness (QED) is 0.704. The Bertz CT molecular complexity index is 350. The summed E-state index contributed by atoms with van der Waals surface area (Å²) in [5, 5.41) is 25.1. The summed E-state index contributed by atoms with van der Waals surface area (Å²) >= 11 is 0. The third-order valence-electron chi connectivity index (χ3n) is 1.93. The van der Waals surface area contributed by atoms with Crippen LogP contribution in [-0.4, -0.2) is 32.4 Å². The first-order valence-corrected chi connectivity index (χ1v) is 4.94. The third kappa shape index (κ3) is 4.75. The maximum absolute atomic E-state index is 9.45. The van der Waals surface area contributed by atoms with Crippen LogP contribution < -0.4 is 0 Å². The summed E-state index contributed by atoms with van der Waals surface area (Å²) in [4.78, 5) is 13.4. The summed E-state index contributed by atoms with van der Waals surface area (Å²) in [7, 11) is 0. The predicted molar refractivity (Wildman–Crippen MR) is 59.3 cm³/mol. The molecule has 0 saturated carbocycles. The van der Waals surface area contributed by atoms with Crippen molar-refractivity contribution in [3.8, 4) is 5.75 Å². The van der Waals surface area contributed by atoms with Gasteiger partial charge in [-0.1, -0.05) is 6.92 Å². The molecule has 1 heterocycles. The van der Waals surface area contributed by atoms with Crippen molar-refractivity contribution in [2.24, 2.45) is 0 Å². The fraction of sp³-hybridized carbons (Fsp3) is 0.455. The average Bonchev–Trinajstić information content (AvgIpc) is 2.23. The van der Waals surface area contributed by atoms with Crippen molar-refractivity contribution in [1.82, 2.24) is 4.98 Å². The summed E-state index contributed by atoms with van der Waals surface area (Å²) in [5.41, 5.74) is 1.67. The molecule has 1 unspecified atom stereocenters. The van der Waals surface area contributed by atoms with E-state index in [1.54, 1.807) is 13.1 Å². The normalized spacial score (nSPS) is 11.2. The van der Waals surface area contributed by atoms with Crippen LogP contribution in [-0.2, 0) is 11.2 Å². The van der Waals surface area contributed by atoms with Gasteiger partial charge in [-0.05, 0) is 31.9 Å². The van der Waals surface area contributed by atoms with Gasteiger partial charge in [0, 0.05) is 6.20 Å². The first kappa shape index (κ1) is 14.4. The van der Waals surface area contributed by atoms with Gasteiger partial charge < -0.3 is 15.3 Å². The van der Waals surface area contributed by atoms with Crippen molar-refractivity contribution >= 4 is 5.97 Å². The van der Waals surface area contributed by atoms with Crippen molar-refractivity contribution in [1.29, 1.82) is 0 Å². The number of rotatable bonds is 2. The molecule has 0 aliphatic carbocycles. The summed E-state index contributed by atoms with van der Waals surface area (Å²) in [6.45, 7) is 5.01. The van der Waals surface area contributed by atoms with Crippen LogP contribution in [0.25, 0.3) is 0 Å². The molecule has 1 aromatic heterocycles. The van der Waals surface area contributed by atoms with E-state index >= 15 is 0 Å². The Kier molecular flexibility index (Phi) is 6.10. The second-order valence-electron chi connectivity index (χ2n) is 3.27. The number of nitrogens with zero attached hydrogens (tertiary/aromatic N) is 1. The molecule has 0 fully saturated rings. The third-order valence-corrected chi connectivity index (χ3v) is 1.93. The Balaban J connectivity index is 0.000000325. The number of aliphatic carboxylic acids is 1. The summed E-state index contributed by atoms with van der Waals surface area (Å²) in [6, 6.07) is 1.84. The molecule has 0 aliphatic heterocycles. The Morgan fingerprint density at radius 2 is 2.06 bits per heavy atom. The van der Waals surface area contributed by atoms with Crippen molar-refractivity contribution < 1.29 is 20.1 Å². The van der Waals surface area contributed by atoms with E-state index in [0.29, 0.717) is 11.4 Å². The lowest BCUT2D eigenvalue weighted by molar-refractivity contribution is -0.145. The van der Waals surface area contributed by atoms with E-state index in [1.807, 2.05) is 13.0 Å². The molecule has 0 amide bonds. The molecule has 0 radical (unpaired) electrons. The first-order valence-electron chi connectivity index (χ1n) is 4.94. The fourth-order valence-corrected chi connectivity index (χ4v) is 0.897. The minimum atomic E-state index is -1.23. The van der Waals surface area contributed by atoms with Crippen LogP contribution in [0.2, 0.25) is 0 Å². The molecule has 0 spiro atoms. The highest BCUT2D eigenvalue weighted by Gasteiger charge is 2.01. The number of carboxylic acids is 1. The molecule has 0 aliphatic rings. The number of aromatic hydroxyl groups is 1. The van der Waals surface area contributed by atoms with Crippen molar-refractivity contribution in [2.75, 3.05) is 0 Å². The number of aliphatic hydroxyl groups excluding tert-OH is 1. The molecule has 0 saturated heterocycles. The van der Waals surface area contributed by atoms with Crippen molar-refractivity contribution in [3.63, 3.8) is 0 Å². The SMILES string of the molecule is CC(O)C(=O)O.CCc1ccnc(C)c1O. The lowest BCUT2D eigenvalue weighted by Gasteiger charge is -2.01. The van der Waals surface area contributed by atoms with E-state index in [1.165, 1.54) is 6.92 Å². The van der Waals surface area contributed by atoms with Crippen LogP contribution in [0.1, 0.15) is 25.1 Å². The maximum atomic E-state index is 9.45. The molecule has 1 rings (SSSR count).